The Kier molecular flexibility index (Phi) is 4.49. The first-order valence-electron chi connectivity index (χ1n) is 6.03. The van der Waals surface area contributed by atoms with Crippen LogP contribution in [0.2, 0.25) is 0 Å². The zero-order chi connectivity index (χ0) is 13.0. The predicted octanol–water partition coefficient (Wildman–Crippen LogP) is 1.61. The fraction of sp³-hybridized carbons (Fsp3) is 0.462. The Bertz CT molecular complexity index is 425. The predicted molar refractivity (Wildman–Crippen MR) is 73.6 cm³/mol. The lowest BCUT2D eigenvalue weighted by molar-refractivity contribution is -0.135. The van der Waals surface area contributed by atoms with E-state index in [0.717, 1.165) is 10.6 Å². The summed E-state index contributed by atoms with van der Waals surface area (Å²) in [4.78, 5) is 14.9. The average molecular weight is 266 g/mol. The number of nitrogens with zero attached hydrogens (tertiary/aromatic N) is 1. The van der Waals surface area contributed by atoms with Crippen molar-refractivity contribution in [1.82, 2.24) is 4.90 Å². The van der Waals surface area contributed by atoms with Crippen LogP contribution in [0.4, 0.5) is 5.69 Å². The molecule has 18 heavy (non-hydrogen) atoms. The van der Waals surface area contributed by atoms with Gasteiger partial charge in [-0.05, 0) is 19.1 Å². The molecule has 1 aromatic carbocycles. The van der Waals surface area contributed by atoms with Crippen LogP contribution in [0.3, 0.4) is 0 Å². The molecular formula is C13H18N2O2S. The quantitative estimate of drug-likeness (QED) is 0.667. The van der Waals surface area contributed by atoms with E-state index >= 15 is 0 Å². The molecule has 0 saturated carbocycles. The Morgan fingerprint density at radius 2 is 2.33 bits per heavy atom. The van der Waals surface area contributed by atoms with E-state index in [1.54, 1.807) is 0 Å². The summed E-state index contributed by atoms with van der Waals surface area (Å²) in [7, 11) is 0. The van der Waals surface area contributed by atoms with Crippen LogP contribution < -0.4 is 5.73 Å². The third-order valence-corrected chi connectivity index (χ3v) is 3.94. The van der Waals surface area contributed by atoms with Gasteiger partial charge in [0, 0.05) is 23.7 Å². The molecule has 1 heterocycles. The van der Waals surface area contributed by atoms with Gasteiger partial charge in [0.05, 0.1) is 18.5 Å². The maximum absolute atomic E-state index is 12.0. The van der Waals surface area contributed by atoms with Crippen LogP contribution in [0.1, 0.15) is 6.92 Å². The molecule has 4 nitrogen and oxygen atoms in total. The fourth-order valence-electron chi connectivity index (χ4n) is 1.89. The summed E-state index contributed by atoms with van der Waals surface area (Å²) in [5.41, 5.74) is 6.57. The van der Waals surface area contributed by atoms with Crippen molar-refractivity contribution >= 4 is 23.4 Å². The van der Waals surface area contributed by atoms with Gasteiger partial charge in [-0.2, -0.15) is 0 Å². The second-order valence-corrected chi connectivity index (χ2v) is 5.36. The summed E-state index contributed by atoms with van der Waals surface area (Å²) < 4.78 is 5.42. The number of rotatable bonds is 3. The minimum absolute atomic E-state index is 0.134. The molecule has 98 valence electrons. The maximum atomic E-state index is 12.0. The second-order valence-electron chi connectivity index (χ2n) is 4.35. The Balaban J connectivity index is 1.86. The lowest BCUT2D eigenvalue weighted by atomic mass is 10.3. The van der Waals surface area contributed by atoms with Gasteiger partial charge < -0.3 is 15.4 Å². The number of amides is 1. The van der Waals surface area contributed by atoms with Gasteiger partial charge in [0.15, 0.2) is 0 Å². The average Bonchev–Trinajstić information content (AvgIpc) is 2.37. The van der Waals surface area contributed by atoms with Gasteiger partial charge in [-0.3, -0.25) is 4.79 Å². The number of nitrogen functional groups attached to an aromatic ring is 1. The highest BCUT2D eigenvalue weighted by atomic mass is 32.2. The van der Waals surface area contributed by atoms with Gasteiger partial charge in [0.25, 0.3) is 0 Å². The van der Waals surface area contributed by atoms with Gasteiger partial charge in [0.1, 0.15) is 0 Å². The second kappa shape index (κ2) is 6.11. The minimum Gasteiger partial charge on any atom is -0.398 e. The molecule has 0 spiro atoms. The standard InChI is InChI=1S/C13H18N2O2S/c1-10-8-15(6-7-17-10)13(16)9-18-12-5-3-2-4-11(12)14/h2-5,10H,6-9,14H2,1H3. The number of hydrogen-bond donors (Lipinski definition) is 1. The van der Waals surface area contributed by atoms with Gasteiger partial charge in [-0.1, -0.05) is 12.1 Å². The molecule has 1 aliphatic heterocycles. The van der Waals surface area contributed by atoms with E-state index in [4.69, 9.17) is 10.5 Å². The molecule has 1 fully saturated rings. The summed E-state index contributed by atoms with van der Waals surface area (Å²) >= 11 is 1.49. The highest BCUT2D eigenvalue weighted by molar-refractivity contribution is 8.00. The molecule has 1 aromatic rings. The van der Waals surface area contributed by atoms with E-state index in [0.29, 0.717) is 25.4 Å². The lowest BCUT2D eigenvalue weighted by Crippen LogP contribution is -2.45. The number of anilines is 1. The normalized spacial score (nSPS) is 19.8. The van der Waals surface area contributed by atoms with Crippen LogP contribution in [-0.2, 0) is 9.53 Å². The highest BCUT2D eigenvalue weighted by Crippen LogP contribution is 2.24. The van der Waals surface area contributed by atoms with E-state index in [1.165, 1.54) is 11.8 Å². The smallest absolute Gasteiger partial charge is 0.233 e. The summed E-state index contributed by atoms with van der Waals surface area (Å²) in [6, 6.07) is 7.61. The summed E-state index contributed by atoms with van der Waals surface area (Å²) in [6.07, 6.45) is 0.134. The van der Waals surface area contributed by atoms with Crippen molar-refractivity contribution in [3.05, 3.63) is 24.3 Å². The molecule has 5 heteroatoms. The number of nitrogens with two attached hydrogens (primary N) is 1. The molecule has 2 N–H and O–H groups in total. The Hall–Kier alpha value is -1.20. The number of carbonyl (C=O) groups excluding carboxylic acids is 1. The Morgan fingerprint density at radius 1 is 1.56 bits per heavy atom. The Labute approximate surface area is 111 Å². The molecule has 0 aliphatic carbocycles. The van der Waals surface area contributed by atoms with Crippen LogP contribution in [0.25, 0.3) is 0 Å². The molecule has 1 unspecified atom stereocenters. The number of thioether (sulfide) groups is 1. The number of carbonyl (C=O) groups is 1. The van der Waals surface area contributed by atoms with Gasteiger partial charge in [-0.25, -0.2) is 0 Å². The van der Waals surface area contributed by atoms with E-state index in [9.17, 15) is 4.79 Å². The van der Waals surface area contributed by atoms with Crippen molar-refractivity contribution in [2.24, 2.45) is 0 Å². The third kappa shape index (κ3) is 3.40. The van der Waals surface area contributed by atoms with Crippen LogP contribution in [0, 0.1) is 0 Å². The number of benzene rings is 1. The van der Waals surface area contributed by atoms with Crippen molar-refractivity contribution in [1.29, 1.82) is 0 Å². The molecule has 1 saturated heterocycles. The number of morpholine rings is 1. The zero-order valence-corrected chi connectivity index (χ0v) is 11.3. The van der Waals surface area contributed by atoms with E-state index < -0.39 is 0 Å². The van der Waals surface area contributed by atoms with Crippen molar-refractivity contribution in [3.63, 3.8) is 0 Å². The molecule has 0 aromatic heterocycles. The summed E-state index contributed by atoms with van der Waals surface area (Å²) in [6.45, 7) is 3.99. The minimum atomic E-state index is 0.134. The molecule has 1 atom stereocenters. The summed E-state index contributed by atoms with van der Waals surface area (Å²) in [5.74, 6) is 0.583. The van der Waals surface area contributed by atoms with Crippen molar-refractivity contribution in [2.75, 3.05) is 31.2 Å². The van der Waals surface area contributed by atoms with E-state index in [-0.39, 0.29) is 12.0 Å². The molecular weight excluding hydrogens is 248 g/mol. The van der Waals surface area contributed by atoms with Crippen molar-refractivity contribution in [2.45, 2.75) is 17.9 Å². The van der Waals surface area contributed by atoms with Gasteiger partial charge >= 0.3 is 0 Å². The topological polar surface area (TPSA) is 55.6 Å². The molecule has 1 amide bonds. The molecule has 1 aliphatic rings. The first-order chi connectivity index (χ1) is 8.66. The molecule has 0 bridgehead atoms. The van der Waals surface area contributed by atoms with E-state index in [1.807, 2.05) is 36.1 Å². The number of ether oxygens (including phenoxy) is 1. The zero-order valence-electron chi connectivity index (χ0n) is 10.5. The summed E-state index contributed by atoms with van der Waals surface area (Å²) in [5, 5.41) is 0. The first-order valence-corrected chi connectivity index (χ1v) is 7.02. The van der Waals surface area contributed by atoms with Crippen LogP contribution in [0.5, 0.6) is 0 Å². The van der Waals surface area contributed by atoms with Gasteiger partial charge in [0.2, 0.25) is 5.91 Å². The largest absolute Gasteiger partial charge is 0.398 e. The lowest BCUT2D eigenvalue weighted by Gasteiger charge is -2.31. The maximum Gasteiger partial charge on any atom is 0.233 e. The highest BCUT2D eigenvalue weighted by Gasteiger charge is 2.21. The van der Waals surface area contributed by atoms with E-state index in [2.05, 4.69) is 0 Å². The fourth-order valence-corrected chi connectivity index (χ4v) is 2.76. The molecule has 0 radical (unpaired) electrons. The van der Waals surface area contributed by atoms with Crippen LogP contribution in [0.15, 0.2) is 29.2 Å². The number of para-hydroxylation sites is 1. The van der Waals surface area contributed by atoms with Crippen LogP contribution in [-0.4, -0.2) is 42.4 Å². The third-order valence-electron chi connectivity index (χ3n) is 2.86. The van der Waals surface area contributed by atoms with Crippen molar-refractivity contribution < 1.29 is 9.53 Å². The van der Waals surface area contributed by atoms with Crippen molar-refractivity contribution in [3.8, 4) is 0 Å². The van der Waals surface area contributed by atoms with Crippen LogP contribution >= 0.6 is 11.8 Å². The Morgan fingerprint density at radius 3 is 3.06 bits per heavy atom. The monoisotopic (exact) mass is 266 g/mol. The van der Waals surface area contributed by atoms with Gasteiger partial charge in [-0.15, -0.1) is 11.8 Å². The number of hydrogen-bond acceptors (Lipinski definition) is 4. The first kappa shape index (κ1) is 13.2. The molecule has 2 rings (SSSR count). The SMILES string of the molecule is CC1CN(C(=O)CSc2ccccc2N)CCO1.